The van der Waals surface area contributed by atoms with Crippen LogP contribution in [0.5, 0.6) is 5.75 Å². The van der Waals surface area contributed by atoms with E-state index in [-0.39, 0.29) is 18.6 Å². The van der Waals surface area contributed by atoms with Gasteiger partial charge < -0.3 is 15.2 Å². The molecular formula is C14H21NO3. The molecule has 0 saturated carbocycles. The number of aliphatic hydroxyl groups excluding tert-OH is 1. The lowest BCUT2D eigenvalue weighted by Crippen LogP contribution is -2.34. The molecule has 0 spiro atoms. The summed E-state index contributed by atoms with van der Waals surface area (Å²) in [7, 11) is 0. The van der Waals surface area contributed by atoms with E-state index in [1.54, 1.807) is 25.1 Å². The number of aliphatic hydroxyl groups is 1. The fourth-order valence-electron chi connectivity index (χ4n) is 1.34. The summed E-state index contributed by atoms with van der Waals surface area (Å²) >= 11 is 0. The quantitative estimate of drug-likeness (QED) is 0.811. The molecule has 4 heteroatoms. The fraction of sp³-hybridized carbons (Fsp3) is 0.500. The molecule has 1 atom stereocenters. The lowest BCUT2D eigenvalue weighted by molar-refractivity contribution is 0.0922. The molecule has 0 aromatic heterocycles. The van der Waals surface area contributed by atoms with Crippen molar-refractivity contribution in [1.82, 2.24) is 5.32 Å². The minimum Gasteiger partial charge on any atom is -0.493 e. The van der Waals surface area contributed by atoms with Crippen molar-refractivity contribution in [2.45, 2.75) is 26.8 Å². The van der Waals surface area contributed by atoms with Gasteiger partial charge in [-0.05, 0) is 31.0 Å². The highest BCUT2D eigenvalue weighted by Crippen LogP contribution is 2.14. The van der Waals surface area contributed by atoms with Crippen LogP contribution in [0.15, 0.2) is 24.3 Å². The molecule has 4 nitrogen and oxygen atoms in total. The van der Waals surface area contributed by atoms with Gasteiger partial charge in [0.1, 0.15) is 5.75 Å². The number of nitrogens with one attached hydrogen (secondary N) is 1. The summed E-state index contributed by atoms with van der Waals surface area (Å²) in [6.45, 7) is 6.43. The monoisotopic (exact) mass is 251 g/mol. The number of carbonyl (C=O) groups is 1. The molecule has 2 N–H and O–H groups in total. The average Bonchev–Trinajstić information content (AvgIpc) is 2.36. The van der Waals surface area contributed by atoms with Crippen molar-refractivity contribution in [2.24, 2.45) is 5.92 Å². The van der Waals surface area contributed by atoms with Crippen LogP contribution in [0.1, 0.15) is 31.1 Å². The highest BCUT2D eigenvalue weighted by Gasteiger charge is 2.09. The maximum Gasteiger partial charge on any atom is 0.251 e. The molecule has 1 aromatic carbocycles. The van der Waals surface area contributed by atoms with Gasteiger partial charge in [0.15, 0.2) is 0 Å². The van der Waals surface area contributed by atoms with Gasteiger partial charge in [-0.25, -0.2) is 0 Å². The van der Waals surface area contributed by atoms with Gasteiger partial charge in [0.2, 0.25) is 0 Å². The molecular weight excluding hydrogens is 230 g/mol. The van der Waals surface area contributed by atoms with E-state index >= 15 is 0 Å². The molecule has 0 heterocycles. The van der Waals surface area contributed by atoms with Crippen molar-refractivity contribution in [2.75, 3.05) is 13.2 Å². The molecule has 1 aromatic rings. The van der Waals surface area contributed by atoms with Crippen LogP contribution < -0.4 is 10.1 Å². The van der Waals surface area contributed by atoms with Gasteiger partial charge in [0.05, 0.1) is 13.2 Å². The van der Waals surface area contributed by atoms with Gasteiger partial charge in [0.25, 0.3) is 5.91 Å². The minimum absolute atomic E-state index is 0.0741. The molecule has 1 amide bonds. The predicted octanol–water partition coefficient (Wildman–Crippen LogP) is 1.83. The van der Waals surface area contributed by atoms with E-state index < -0.39 is 0 Å². The summed E-state index contributed by atoms with van der Waals surface area (Å²) in [5.41, 5.74) is 0.538. The Hall–Kier alpha value is -1.55. The van der Waals surface area contributed by atoms with E-state index in [9.17, 15) is 4.79 Å². The summed E-state index contributed by atoms with van der Waals surface area (Å²) in [6.07, 6.45) is 0. The fourth-order valence-corrected chi connectivity index (χ4v) is 1.34. The Morgan fingerprint density at radius 1 is 1.39 bits per heavy atom. The van der Waals surface area contributed by atoms with Gasteiger partial charge in [-0.3, -0.25) is 4.79 Å². The molecule has 100 valence electrons. The lowest BCUT2D eigenvalue weighted by atomic mass is 10.2. The predicted molar refractivity (Wildman–Crippen MR) is 70.8 cm³/mol. The number of carbonyl (C=O) groups excluding carboxylic acids is 1. The van der Waals surface area contributed by atoms with Gasteiger partial charge >= 0.3 is 0 Å². The standard InChI is InChI=1S/C14H21NO3/c1-10(2)9-18-13-6-4-5-12(7-13)14(17)15-11(3)8-16/h4-7,10-11,16H,8-9H2,1-3H3,(H,15,17)/t11-/m0/s1. The van der Waals surface area contributed by atoms with E-state index in [1.807, 2.05) is 6.07 Å². The second-order valence-corrected chi connectivity index (χ2v) is 4.79. The first-order valence-corrected chi connectivity index (χ1v) is 6.17. The molecule has 1 rings (SSSR count). The van der Waals surface area contributed by atoms with Crippen molar-refractivity contribution in [3.05, 3.63) is 29.8 Å². The molecule has 18 heavy (non-hydrogen) atoms. The Balaban J connectivity index is 2.66. The Morgan fingerprint density at radius 3 is 2.72 bits per heavy atom. The smallest absolute Gasteiger partial charge is 0.251 e. The highest BCUT2D eigenvalue weighted by molar-refractivity contribution is 5.94. The minimum atomic E-state index is -0.252. The number of hydrogen-bond donors (Lipinski definition) is 2. The third-order valence-corrected chi connectivity index (χ3v) is 2.33. The van der Waals surface area contributed by atoms with Crippen LogP contribution in [0.2, 0.25) is 0 Å². The van der Waals surface area contributed by atoms with Crippen LogP contribution in [0, 0.1) is 5.92 Å². The van der Waals surface area contributed by atoms with E-state index in [2.05, 4.69) is 19.2 Å². The number of ether oxygens (including phenoxy) is 1. The van der Waals surface area contributed by atoms with Crippen LogP contribution in [-0.2, 0) is 0 Å². The summed E-state index contributed by atoms with van der Waals surface area (Å²) in [4.78, 5) is 11.8. The van der Waals surface area contributed by atoms with Crippen LogP contribution in [0.4, 0.5) is 0 Å². The number of amides is 1. The summed E-state index contributed by atoms with van der Waals surface area (Å²) in [6, 6.07) is 6.80. The first-order valence-electron chi connectivity index (χ1n) is 6.17. The molecule has 0 aliphatic rings. The maximum atomic E-state index is 11.8. The zero-order chi connectivity index (χ0) is 13.5. The van der Waals surface area contributed by atoms with Crippen molar-refractivity contribution in [1.29, 1.82) is 0 Å². The van der Waals surface area contributed by atoms with E-state index in [1.165, 1.54) is 0 Å². The second kappa shape index (κ2) is 7.01. The third-order valence-electron chi connectivity index (χ3n) is 2.33. The third kappa shape index (κ3) is 4.75. The molecule has 0 bridgehead atoms. The van der Waals surface area contributed by atoms with Gasteiger partial charge in [-0.1, -0.05) is 19.9 Å². The molecule has 0 fully saturated rings. The van der Waals surface area contributed by atoms with Gasteiger partial charge in [-0.15, -0.1) is 0 Å². The highest BCUT2D eigenvalue weighted by atomic mass is 16.5. The van der Waals surface area contributed by atoms with Crippen molar-refractivity contribution >= 4 is 5.91 Å². The average molecular weight is 251 g/mol. The van der Waals surface area contributed by atoms with Crippen LogP contribution in [0.3, 0.4) is 0 Å². The maximum absolute atomic E-state index is 11.8. The second-order valence-electron chi connectivity index (χ2n) is 4.79. The van der Waals surface area contributed by atoms with E-state index in [0.29, 0.717) is 23.8 Å². The molecule has 0 unspecified atom stereocenters. The van der Waals surface area contributed by atoms with E-state index in [4.69, 9.17) is 9.84 Å². The van der Waals surface area contributed by atoms with Crippen LogP contribution in [0.25, 0.3) is 0 Å². The Morgan fingerprint density at radius 2 is 2.11 bits per heavy atom. The van der Waals surface area contributed by atoms with Crippen molar-refractivity contribution < 1.29 is 14.6 Å². The van der Waals surface area contributed by atoms with Crippen molar-refractivity contribution in [3.8, 4) is 5.75 Å². The van der Waals surface area contributed by atoms with Gasteiger partial charge in [-0.2, -0.15) is 0 Å². The van der Waals surface area contributed by atoms with Crippen LogP contribution in [-0.4, -0.2) is 30.3 Å². The zero-order valence-electron chi connectivity index (χ0n) is 11.1. The molecule has 0 radical (unpaired) electrons. The Bertz CT molecular complexity index is 390. The SMILES string of the molecule is CC(C)COc1cccc(C(=O)N[C@@H](C)CO)c1. The summed E-state index contributed by atoms with van der Waals surface area (Å²) in [5, 5.41) is 11.6. The normalized spacial score (nSPS) is 12.3. The Labute approximate surface area is 108 Å². The van der Waals surface area contributed by atoms with E-state index in [0.717, 1.165) is 0 Å². The molecule has 0 saturated heterocycles. The lowest BCUT2D eigenvalue weighted by Gasteiger charge is -2.12. The van der Waals surface area contributed by atoms with Gasteiger partial charge in [0, 0.05) is 11.6 Å². The largest absolute Gasteiger partial charge is 0.493 e. The van der Waals surface area contributed by atoms with Crippen molar-refractivity contribution in [3.63, 3.8) is 0 Å². The number of rotatable bonds is 6. The first-order chi connectivity index (χ1) is 8.52. The summed E-state index contributed by atoms with van der Waals surface area (Å²) in [5.74, 6) is 0.927. The molecule has 0 aliphatic heterocycles. The van der Waals surface area contributed by atoms with Crippen LogP contribution >= 0.6 is 0 Å². The Kier molecular flexibility index (Phi) is 5.65. The summed E-state index contributed by atoms with van der Waals surface area (Å²) < 4.78 is 5.56. The zero-order valence-corrected chi connectivity index (χ0v) is 11.1. The topological polar surface area (TPSA) is 58.6 Å². The first kappa shape index (κ1) is 14.5. The number of benzene rings is 1. The molecule has 0 aliphatic carbocycles. The number of hydrogen-bond acceptors (Lipinski definition) is 3.